The number of aliphatic hydroxyl groups excluding tert-OH is 4. The lowest BCUT2D eigenvalue weighted by molar-refractivity contribution is 0.0347. The van der Waals surface area contributed by atoms with Gasteiger partial charge in [0.05, 0.1) is 106 Å². The molecular formula is C39H58N2O10. The third kappa shape index (κ3) is 16.8. The Morgan fingerprint density at radius 2 is 0.647 bits per heavy atom. The first-order valence-corrected chi connectivity index (χ1v) is 17.9. The summed E-state index contributed by atoms with van der Waals surface area (Å²) < 4.78 is 33.3. The number of ether oxygens (including phenoxy) is 6. The van der Waals surface area contributed by atoms with Gasteiger partial charge in [-0.25, -0.2) is 0 Å². The van der Waals surface area contributed by atoms with E-state index in [4.69, 9.17) is 48.8 Å². The van der Waals surface area contributed by atoms with Crippen molar-refractivity contribution in [1.29, 1.82) is 0 Å². The average molecular weight is 715 g/mol. The molecule has 0 spiro atoms. The van der Waals surface area contributed by atoms with E-state index in [0.29, 0.717) is 105 Å². The maximum absolute atomic E-state index is 9.13. The second kappa shape index (κ2) is 27.5. The van der Waals surface area contributed by atoms with Crippen LogP contribution in [0.3, 0.4) is 0 Å². The van der Waals surface area contributed by atoms with Crippen molar-refractivity contribution < 1.29 is 48.8 Å². The highest BCUT2D eigenvalue weighted by Crippen LogP contribution is 2.34. The Morgan fingerprint density at radius 1 is 0.353 bits per heavy atom. The lowest BCUT2D eigenvalue weighted by atomic mass is 9.85. The predicted octanol–water partition coefficient (Wildman–Crippen LogP) is 2.55. The van der Waals surface area contributed by atoms with Gasteiger partial charge in [-0.1, -0.05) is 54.6 Å². The summed E-state index contributed by atoms with van der Waals surface area (Å²) in [6.07, 6.45) is 0. The van der Waals surface area contributed by atoms with Crippen molar-refractivity contribution in [3.05, 3.63) is 95.6 Å². The summed E-state index contributed by atoms with van der Waals surface area (Å²) in [5, 5.41) is 36.0. The quantitative estimate of drug-likeness (QED) is 0.0575. The summed E-state index contributed by atoms with van der Waals surface area (Å²) in [6.45, 7) is 7.57. The molecule has 3 aromatic carbocycles. The average Bonchev–Trinajstić information content (AvgIpc) is 3.17. The number of benzene rings is 3. The van der Waals surface area contributed by atoms with Crippen molar-refractivity contribution in [1.82, 2.24) is 0 Å². The third-order valence-corrected chi connectivity index (χ3v) is 8.02. The Labute approximate surface area is 303 Å². The minimum atomic E-state index is -0.0123. The van der Waals surface area contributed by atoms with Gasteiger partial charge in [-0.15, -0.1) is 0 Å². The number of hydrogen-bond donors (Lipinski definition) is 4. The Kier molecular flexibility index (Phi) is 22.8. The fourth-order valence-electron chi connectivity index (χ4n) is 5.52. The molecule has 4 N–H and O–H groups in total. The van der Waals surface area contributed by atoms with Gasteiger partial charge in [-0.3, -0.25) is 0 Å². The normalized spacial score (nSPS) is 11.4. The van der Waals surface area contributed by atoms with Crippen molar-refractivity contribution in [2.75, 3.05) is 142 Å². The van der Waals surface area contributed by atoms with Gasteiger partial charge in [0.1, 0.15) is 0 Å². The van der Waals surface area contributed by atoms with E-state index in [9.17, 15) is 0 Å². The molecule has 0 fully saturated rings. The molecule has 0 atom stereocenters. The molecule has 0 unspecified atom stereocenters. The van der Waals surface area contributed by atoms with Crippen molar-refractivity contribution in [2.24, 2.45) is 0 Å². The van der Waals surface area contributed by atoms with Crippen LogP contribution >= 0.6 is 0 Å². The van der Waals surface area contributed by atoms with Crippen LogP contribution < -0.4 is 9.80 Å². The van der Waals surface area contributed by atoms with Gasteiger partial charge in [0, 0.05) is 43.5 Å². The summed E-state index contributed by atoms with van der Waals surface area (Å²) in [5.41, 5.74) is 5.62. The highest BCUT2D eigenvalue weighted by Gasteiger charge is 2.18. The second-order valence-electron chi connectivity index (χ2n) is 11.6. The molecule has 284 valence electrons. The van der Waals surface area contributed by atoms with Crippen LogP contribution in [0.1, 0.15) is 22.6 Å². The molecule has 3 aromatic rings. The Morgan fingerprint density at radius 3 is 0.980 bits per heavy atom. The summed E-state index contributed by atoms with van der Waals surface area (Å²) in [6, 6.07) is 27.7. The van der Waals surface area contributed by atoms with E-state index in [1.807, 2.05) is 6.07 Å². The molecule has 51 heavy (non-hydrogen) atoms. The molecule has 0 aliphatic carbocycles. The SMILES string of the molecule is OCCOCCOCCN(CCOCCO)c1ccc(C(c2ccccc2)c2ccc(N(CCOCCO)CCOCCOCCO)cc2)cc1. The van der Waals surface area contributed by atoms with Crippen molar-refractivity contribution in [2.45, 2.75) is 5.92 Å². The lowest BCUT2D eigenvalue weighted by Gasteiger charge is -2.27. The molecule has 0 radical (unpaired) electrons. The van der Waals surface area contributed by atoms with E-state index >= 15 is 0 Å². The van der Waals surface area contributed by atoms with Gasteiger partial charge in [-0.05, 0) is 41.0 Å². The zero-order chi connectivity index (χ0) is 36.2. The molecule has 12 heteroatoms. The van der Waals surface area contributed by atoms with Gasteiger partial charge in [0.15, 0.2) is 0 Å². The van der Waals surface area contributed by atoms with Crippen LogP contribution in [0.15, 0.2) is 78.9 Å². The lowest BCUT2D eigenvalue weighted by Crippen LogP contribution is -2.31. The minimum absolute atomic E-state index is 0.00391. The third-order valence-electron chi connectivity index (χ3n) is 8.02. The molecule has 0 aromatic heterocycles. The number of aliphatic hydroxyl groups is 4. The Bertz CT molecular complexity index is 1160. The van der Waals surface area contributed by atoms with Crippen LogP contribution in [0.2, 0.25) is 0 Å². The molecule has 0 aliphatic rings. The number of anilines is 2. The molecule has 0 saturated heterocycles. The van der Waals surface area contributed by atoms with Gasteiger partial charge in [-0.2, -0.15) is 0 Å². The molecule has 0 bridgehead atoms. The van der Waals surface area contributed by atoms with Gasteiger partial charge < -0.3 is 58.6 Å². The number of rotatable bonds is 31. The first-order valence-electron chi connectivity index (χ1n) is 17.9. The molecule has 0 aliphatic heterocycles. The van der Waals surface area contributed by atoms with E-state index in [1.54, 1.807) is 0 Å². The van der Waals surface area contributed by atoms with Crippen LogP contribution in [-0.2, 0) is 28.4 Å². The monoisotopic (exact) mass is 714 g/mol. The summed E-state index contributed by atoms with van der Waals surface area (Å²) in [5.74, 6) is 0.0153. The first kappa shape index (κ1) is 42.3. The molecule has 0 saturated carbocycles. The van der Waals surface area contributed by atoms with E-state index in [-0.39, 0.29) is 32.3 Å². The Hall–Kier alpha value is -3.14. The minimum Gasteiger partial charge on any atom is -0.394 e. The molecular weight excluding hydrogens is 656 g/mol. The van der Waals surface area contributed by atoms with E-state index in [0.717, 1.165) is 22.5 Å². The topological polar surface area (TPSA) is 143 Å². The van der Waals surface area contributed by atoms with E-state index < -0.39 is 0 Å². The van der Waals surface area contributed by atoms with Crippen LogP contribution in [-0.4, -0.2) is 152 Å². The summed E-state index contributed by atoms with van der Waals surface area (Å²) in [4.78, 5) is 4.43. The van der Waals surface area contributed by atoms with Crippen molar-refractivity contribution in [3.63, 3.8) is 0 Å². The van der Waals surface area contributed by atoms with Crippen LogP contribution in [0.5, 0.6) is 0 Å². The van der Waals surface area contributed by atoms with Gasteiger partial charge >= 0.3 is 0 Å². The van der Waals surface area contributed by atoms with Crippen LogP contribution in [0.25, 0.3) is 0 Å². The maximum atomic E-state index is 9.13. The summed E-state index contributed by atoms with van der Waals surface area (Å²) in [7, 11) is 0. The molecule has 12 nitrogen and oxygen atoms in total. The van der Waals surface area contributed by atoms with Crippen molar-refractivity contribution in [3.8, 4) is 0 Å². The number of nitrogens with zero attached hydrogens (tertiary/aromatic N) is 2. The molecule has 0 amide bonds. The maximum Gasteiger partial charge on any atom is 0.0701 e. The fourth-order valence-corrected chi connectivity index (χ4v) is 5.52. The van der Waals surface area contributed by atoms with Crippen LogP contribution in [0, 0.1) is 0 Å². The zero-order valence-corrected chi connectivity index (χ0v) is 29.9. The zero-order valence-electron chi connectivity index (χ0n) is 29.9. The molecule has 3 rings (SSSR count). The largest absolute Gasteiger partial charge is 0.394 e. The predicted molar refractivity (Wildman–Crippen MR) is 198 cm³/mol. The summed E-state index contributed by atoms with van der Waals surface area (Å²) >= 11 is 0. The van der Waals surface area contributed by atoms with Gasteiger partial charge in [0.25, 0.3) is 0 Å². The number of hydrogen-bond acceptors (Lipinski definition) is 12. The smallest absolute Gasteiger partial charge is 0.0701 e. The molecule has 0 heterocycles. The highest BCUT2D eigenvalue weighted by molar-refractivity contribution is 5.54. The van der Waals surface area contributed by atoms with E-state index in [2.05, 4.69) is 82.6 Å². The van der Waals surface area contributed by atoms with Crippen molar-refractivity contribution >= 4 is 11.4 Å². The van der Waals surface area contributed by atoms with Gasteiger partial charge in [0.2, 0.25) is 0 Å². The Balaban J connectivity index is 1.75. The second-order valence-corrected chi connectivity index (χ2v) is 11.6. The highest BCUT2D eigenvalue weighted by atomic mass is 16.5. The first-order chi connectivity index (χ1) is 25.2. The fraction of sp³-hybridized carbons (Fsp3) is 0.538. The standard InChI is InChI=1S/C39H58N2O10/c42-18-26-46-22-14-40(16-24-48-30-32-50-28-20-44)37-10-6-35(7-11-37)39(34-4-2-1-3-5-34)36-8-12-38(13-9-36)41(15-23-47-27-19-43)17-25-49-31-33-51-29-21-45/h1-13,39,42-45H,14-33H2. The van der Waals surface area contributed by atoms with Crippen LogP contribution in [0.4, 0.5) is 11.4 Å². The van der Waals surface area contributed by atoms with E-state index in [1.165, 1.54) is 5.56 Å².